The third kappa shape index (κ3) is 3.68. The van der Waals surface area contributed by atoms with Crippen molar-refractivity contribution in [3.63, 3.8) is 0 Å². The molecule has 7 nitrogen and oxygen atoms in total. The van der Waals surface area contributed by atoms with Crippen molar-refractivity contribution in [3.8, 4) is 0 Å². The molecule has 1 aliphatic rings. The van der Waals surface area contributed by atoms with Gasteiger partial charge in [-0.2, -0.15) is 0 Å². The third-order valence-corrected chi connectivity index (χ3v) is 4.26. The van der Waals surface area contributed by atoms with Gasteiger partial charge in [0.2, 0.25) is 0 Å². The number of rotatable bonds is 4. The average Bonchev–Trinajstić information content (AvgIpc) is 2.61. The van der Waals surface area contributed by atoms with Gasteiger partial charge in [0.1, 0.15) is 12.1 Å². The van der Waals surface area contributed by atoms with Crippen LogP contribution in [0.5, 0.6) is 0 Å². The van der Waals surface area contributed by atoms with E-state index in [4.69, 9.17) is 0 Å². The Kier molecular flexibility index (Phi) is 4.71. The number of nitrogens with one attached hydrogen (secondary N) is 1. The van der Waals surface area contributed by atoms with Gasteiger partial charge in [-0.1, -0.05) is 6.07 Å². The number of aryl methyl sites for hydroxylation is 1. The van der Waals surface area contributed by atoms with Gasteiger partial charge in [-0.25, -0.2) is 15.0 Å². The quantitative estimate of drug-likeness (QED) is 0.868. The molecule has 0 bridgehead atoms. The van der Waals surface area contributed by atoms with Gasteiger partial charge in [0, 0.05) is 32.0 Å². The summed E-state index contributed by atoms with van der Waals surface area (Å²) in [7, 11) is 0. The number of aromatic nitrogens is 3. The maximum absolute atomic E-state index is 12.3. The molecule has 1 aliphatic heterocycles. The van der Waals surface area contributed by atoms with Gasteiger partial charge in [0.25, 0.3) is 5.91 Å². The molecule has 126 valence electrons. The number of hydrogen-bond donors (Lipinski definition) is 2. The van der Waals surface area contributed by atoms with E-state index in [0.717, 1.165) is 18.8 Å². The smallest absolute Gasteiger partial charge is 0.254 e. The molecule has 7 heteroatoms. The van der Waals surface area contributed by atoms with E-state index in [-0.39, 0.29) is 12.5 Å². The lowest BCUT2D eigenvalue weighted by Gasteiger charge is -2.39. The van der Waals surface area contributed by atoms with E-state index in [2.05, 4.69) is 20.3 Å². The van der Waals surface area contributed by atoms with Crippen LogP contribution in [0.2, 0.25) is 0 Å². The van der Waals surface area contributed by atoms with E-state index in [9.17, 15) is 9.90 Å². The fourth-order valence-electron chi connectivity index (χ4n) is 2.95. The Labute approximate surface area is 140 Å². The summed E-state index contributed by atoms with van der Waals surface area (Å²) in [5, 5.41) is 13.7. The van der Waals surface area contributed by atoms with Crippen LogP contribution < -0.4 is 10.2 Å². The second-order valence-electron chi connectivity index (χ2n) is 6.14. The first-order chi connectivity index (χ1) is 11.6. The average molecular weight is 327 g/mol. The van der Waals surface area contributed by atoms with Gasteiger partial charge < -0.3 is 15.3 Å². The van der Waals surface area contributed by atoms with Crippen molar-refractivity contribution in [2.45, 2.75) is 25.4 Å². The van der Waals surface area contributed by atoms with Crippen LogP contribution in [-0.4, -0.2) is 51.2 Å². The Morgan fingerprint density at radius 2 is 2.29 bits per heavy atom. The van der Waals surface area contributed by atoms with Crippen LogP contribution >= 0.6 is 0 Å². The summed E-state index contributed by atoms with van der Waals surface area (Å²) >= 11 is 0. The first kappa shape index (κ1) is 16.3. The highest BCUT2D eigenvalue weighted by Gasteiger charge is 2.34. The lowest BCUT2D eigenvalue weighted by molar-refractivity contribution is 0.0254. The lowest BCUT2D eigenvalue weighted by atomic mass is 9.92. The molecule has 2 aromatic rings. The van der Waals surface area contributed by atoms with Gasteiger partial charge in [-0.15, -0.1) is 0 Å². The van der Waals surface area contributed by atoms with Crippen LogP contribution in [0.15, 0.2) is 36.9 Å². The van der Waals surface area contributed by atoms with E-state index in [1.807, 2.05) is 23.1 Å². The minimum atomic E-state index is -0.977. The zero-order chi connectivity index (χ0) is 17.0. The Morgan fingerprint density at radius 3 is 3.04 bits per heavy atom. The molecule has 1 amide bonds. The predicted molar refractivity (Wildman–Crippen MR) is 89.7 cm³/mol. The molecule has 1 unspecified atom stereocenters. The van der Waals surface area contributed by atoms with Crippen molar-refractivity contribution in [2.24, 2.45) is 0 Å². The molecule has 2 aromatic heterocycles. The molecule has 0 spiro atoms. The number of aliphatic hydroxyl groups is 1. The number of pyridine rings is 1. The first-order valence-corrected chi connectivity index (χ1v) is 8.01. The molecule has 0 aliphatic carbocycles. The molecule has 2 N–H and O–H groups in total. The normalized spacial score (nSPS) is 20.7. The highest BCUT2D eigenvalue weighted by Crippen LogP contribution is 2.24. The van der Waals surface area contributed by atoms with Crippen LogP contribution in [0, 0.1) is 6.92 Å². The molecule has 3 rings (SSSR count). The van der Waals surface area contributed by atoms with Crippen molar-refractivity contribution in [2.75, 3.05) is 24.5 Å². The largest absolute Gasteiger partial charge is 0.386 e. The zero-order valence-electron chi connectivity index (χ0n) is 13.6. The summed E-state index contributed by atoms with van der Waals surface area (Å²) < 4.78 is 0. The van der Waals surface area contributed by atoms with Crippen LogP contribution in [0.1, 0.15) is 28.9 Å². The van der Waals surface area contributed by atoms with Crippen LogP contribution in [-0.2, 0) is 0 Å². The van der Waals surface area contributed by atoms with Crippen LogP contribution in [0.25, 0.3) is 0 Å². The maximum Gasteiger partial charge on any atom is 0.254 e. The van der Waals surface area contributed by atoms with Crippen molar-refractivity contribution in [3.05, 3.63) is 48.2 Å². The van der Waals surface area contributed by atoms with Crippen LogP contribution in [0.4, 0.5) is 5.82 Å². The number of carbonyl (C=O) groups excluding carboxylic acids is 1. The third-order valence-electron chi connectivity index (χ3n) is 4.26. The monoisotopic (exact) mass is 327 g/mol. The summed E-state index contributed by atoms with van der Waals surface area (Å²) in [6.45, 7) is 3.23. The summed E-state index contributed by atoms with van der Waals surface area (Å²) in [5.74, 6) is 0.575. The van der Waals surface area contributed by atoms with Gasteiger partial charge in [-0.05, 0) is 31.9 Å². The SMILES string of the molecule is Cc1ncncc1C(=O)NCC1(O)CCCN(c2ccccn2)C1. The van der Waals surface area contributed by atoms with Crippen molar-refractivity contribution >= 4 is 11.7 Å². The second-order valence-corrected chi connectivity index (χ2v) is 6.14. The van der Waals surface area contributed by atoms with E-state index in [0.29, 0.717) is 24.2 Å². The maximum atomic E-state index is 12.3. The van der Waals surface area contributed by atoms with Crippen LogP contribution in [0.3, 0.4) is 0 Å². The van der Waals surface area contributed by atoms with E-state index >= 15 is 0 Å². The van der Waals surface area contributed by atoms with Crippen molar-refractivity contribution in [1.29, 1.82) is 0 Å². The molecule has 0 aromatic carbocycles. The van der Waals surface area contributed by atoms with Gasteiger partial charge >= 0.3 is 0 Å². The topological polar surface area (TPSA) is 91.2 Å². The number of anilines is 1. The summed E-state index contributed by atoms with van der Waals surface area (Å²) in [5.41, 5.74) is 0.0707. The molecule has 24 heavy (non-hydrogen) atoms. The molecular formula is C17H21N5O2. The molecule has 1 atom stereocenters. The summed E-state index contributed by atoms with van der Waals surface area (Å²) in [4.78, 5) is 26.5. The standard InChI is InChI=1S/C17H21N5O2/c1-13-14(9-18-12-21-13)16(23)20-10-17(24)6-4-8-22(11-17)15-5-2-3-7-19-15/h2-3,5,7,9,12,24H,4,6,8,10-11H2,1H3,(H,20,23). The van der Waals surface area contributed by atoms with E-state index in [1.54, 1.807) is 13.1 Å². The van der Waals surface area contributed by atoms with E-state index < -0.39 is 5.60 Å². The van der Waals surface area contributed by atoms with Gasteiger partial charge in [0.15, 0.2) is 0 Å². The highest BCUT2D eigenvalue weighted by molar-refractivity contribution is 5.94. The Hall–Kier alpha value is -2.54. The van der Waals surface area contributed by atoms with Crippen molar-refractivity contribution < 1.29 is 9.90 Å². The van der Waals surface area contributed by atoms with E-state index in [1.165, 1.54) is 12.5 Å². The summed E-state index contributed by atoms with van der Waals surface area (Å²) in [6.07, 6.45) is 6.12. The fourth-order valence-corrected chi connectivity index (χ4v) is 2.95. The highest BCUT2D eigenvalue weighted by atomic mass is 16.3. The number of β-amino-alcohol motifs (C(OH)–C–C–N with tert-alkyl or cyclic N) is 1. The number of amides is 1. The molecule has 3 heterocycles. The lowest BCUT2D eigenvalue weighted by Crippen LogP contribution is -2.54. The minimum absolute atomic E-state index is 0.184. The van der Waals surface area contributed by atoms with Gasteiger partial charge in [-0.3, -0.25) is 4.79 Å². The first-order valence-electron chi connectivity index (χ1n) is 8.01. The van der Waals surface area contributed by atoms with Crippen molar-refractivity contribution in [1.82, 2.24) is 20.3 Å². The number of nitrogens with zero attached hydrogens (tertiary/aromatic N) is 4. The minimum Gasteiger partial charge on any atom is -0.386 e. The molecule has 0 radical (unpaired) electrons. The Balaban J connectivity index is 1.64. The Bertz CT molecular complexity index is 709. The Morgan fingerprint density at radius 1 is 1.42 bits per heavy atom. The van der Waals surface area contributed by atoms with Gasteiger partial charge in [0.05, 0.1) is 16.9 Å². The zero-order valence-corrected chi connectivity index (χ0v) is 13.6. The molecule has 1 saturated heterocycles. The predicted octanol–water partition coefficient (Wildman–Crippen LogP) is 0.941. The number of carbonyl (C=O) groups is 1. The number of hydrogen-bond acceptors (Lipinski definition) is 6. The molecule has 0 saturated carbocycles. The molecule has 1 fully saturated rings. The summed E-state index contributed by atoms with van der Waals surface area (Å²) in [6, 6.07) is 5.72. The number of piperidine rings is 1. The molecular weight excluding hydrogens is 306 g/mol. The second kappa shape index (κ2) is 6.92. The fraction of sp³-hybridized carbons (Fsp3) is 0.412.